The number of hydrogen-bond acceptors (Lipinski definition) is 8. The number of carbonyl (C=O) groups excluding carboxylic acids is 2. The van der Waals surface area contributed by atoms with E-state index in [-0.39, 0.29) is 23.2 Å². The van der Waals surface area contributed by atoms with Crippen LogP contribution in [0.25, 0.3) is 16.9 Å². The summed E-state index contributed by atoms with van der Waals surface area (Å²) in [6.45, 7) is 3.85. The predicted molar refractivity (Wildman–Crippen MR) is 135 cm³/mol. The first-order valence-corrected chi connectivity index (χ1v) is 12.2. The number of nitrogens with zero attached hydrogens (tertiary/aromatic N) is 7. The molecule has 0 spiro atoms. The fourth-order valence-electron chi connectivity index (χ4n) is 4.37. The van der Waals surface area contributed by atoms with Gasteiger partial charge in [0.25, 0.3) is 5.91 Å². The highest BCUT2D eigenvalue weighted by Gasteiger charge is 2.28. The molecule has 0 aliphatic carbocycles. The number of imidazole rings is 1. The minimum atomic E-state index is -0.777. The second-order valence-corrected chi connectivity index (χ2v) is 8.91. The molecule has 190 valence electrons. The molecule has 0 radical (unpaired) electrons. The van der Waals surface area contributed by atoms with Crippen LogP contribution in [0.15, 0.2) is 48.8 Å². The molecule has 0 unspecified atom stereocenters. The molecule has 2 saturated heterocycles. The molecule has 12 heteroatoms. The van der Waals surface area contributed by atoms with Gasteiger partial charge in [0, 0.05) is 51.1 Å². The fourth-order valence-corrected chi connectivity index (χ4v) is 4.37. The minimum Gasteiger partial charge on any atom is -0.390 e. The van der Waals surface area contributed by atoms with E-state index in [1.165, 1.54) is 10.9 Å². The van der Waals surface area contributed by atoms with E-state index >= 15 is 0 Å². The smallest absolute Gasteiger partial charge is 0.390 e. The van der Waals surface area contributed by atoms with Crippen molar-refractivity contribution in [3.8, 4) is 17.1 Å². The van der Waals surface area contributed by atoms with Crippen LogP contribution in [0.2, 0.25) is 0 Å². The maximum Gasteiger partial charge on any atom is 0.419 e. The van der Waals surface area contributed by atoms with Crippen molar-refractivity contribution >= 4 is 29.4 Å². The van der Waals surface area contributed by atoms with Crippen LogP contribution in [0.5, 0.6) is 5.88 Å². The van der Waals surface area contributed by atoms with Gasteiger partial charge < -0.3 is 19.3 Å². The van der Waals surface area contributed by atoms with E-state index in [0.717, 1.165) is 17.7 Å². The highest BCUT2D eigenvalue weighted by Crippen LogP contribution is 2.26. The summed E-state index contributed by atoms with van der Waals surface area (Å²) in [6.07, 6.45) is 3.54. The normalized spacial score (nSPS) is 15.5. The molecule has 2 amide bonds. The number of aromatic nitrogens is 5. The van der Waals surface area contributed by atoms with Crippen LogP contribution in [0.1, 0.15) is 16.8 Å². The van der Waals surface area contributed by atoms with Crippen molar-refractivity contribution in [3.63, 3.8) is 0 Å². The number of anilines is 2. The van der Waals surface area contributed by atoms with Crippen molar-refractivity contribution in [2.75, 3.05) is 49.6 Å². The molecular weight excluding hydrogens is 476 g/mol. The fraction of sp³-hybridized carbons (Fsp3) is 0.320. The first kappa shape index (κ1) is 23.0. The Morgan fingerprint density at radius 1 is 1.05 bits per heavy atom. The Morgan fingerprint density at radius 2 is 1.84 bits per heavy atom. The summed E-state index contributed by atoms with van der Waals surface area (Å²) in [4.78, 5) is 38.9. The van der Waals surface area contributed by atoms with Gasteiger partial charge in [0.05, 0.1) is 25.1 Å². The number of morpholine rings is 1. The zero-order valence-electron chi connectivity index (χ0n) is 20.3. The number of ether oxygens (including phenoxy) is 2. The van der Waals surface area contributed by atoms with Crippen LogP contribution in [-0.4, -0.2) is 80.4 Å². The first-order chi connectivity index (χ1) is 18.1. The lowest BCUT2D eigenvalue weighted by molar-refractivity contribution is 0.0649. The van der Waals surface area contributed by atoms with Gasteiger partial charge in [-0.3, -0.25) is 14.5 Å². The van der Waals surface area contributed by atoms with E-state index in [0.29, 0.717) is 51.0 Å². The molecule has 5 heterocycles. The molecule has 2 aliphatic heterocycles. The zero-order valence-corrected chi connectivity index (χ0v) is 20.3. The van der Waals surface area contributed by atoms with Crippen LogP contribution in [0.3, 0.4) is 0 Å². The molecule has 4 aromatic rings. The topological polar surface area (TPSA) is 119 Å². The maximum absolute atomic E-state index is 12.9. The summed E-state index contributed by atoms with van der Waals surface area (Å²) in [5.74, 6) is 0.792. The zero-order chi connectivity index (χ0) is 25.4. The first-order valence-electron chi connectivity index (χ1n) is 12.2. The van der Waals surface area contributed by atoms with E-state index in [4.69, 9.17) is 19.4 Å². The number of likely N-dealkylation sites (tertiary alicyclic amines) is 1. The Labute approximate surface area is 212 Å². The van der Waals surface area contributed by atoms with Gasteiger partial charge in [0.2, 0.25) is 11.8 Å². The molecule has 1 N–H and O–H groups in total. The van der Waals surface area contributed by atoms with Crippen molar-refractivity contribution in [1.29, 1.82) is 0 Å². The average molecular weight is 503 g/mol. The van der Waals surface area contributed by atoms with E-state index in [1.54, 1.807) is 18.0 Å². The number of hydrogen-bond donors (Lipinski definition) is 1. The van der Waals surface area contributed by atoms with Gasteiger partial charge in [0.1, 0.15) is 17.0 Å². The highest BCUT2D eigenvalue weighted by atomic mass is 16.6. The molecule has 0 atom stereocenters. The Bertz CT molecular complexity index is 1450. The van der Waals surface area contributed by atoms with Gasteiger partial charge in [0.15, 0.2) is 0 Å². The summed E-state index contributed by atoms with van der Waals surface area (Å²) in [6, 6.07) is 11.6. The third-order valence-electron chi connectivity index (χ3n) is 6.48. The summed E-state index contributed by atoms with van der Waals surface area (Å²) in [7, 11) is 1.62. The van der Waals surface area contributed by atoms with Crippen LogP contribution >= 0.6 is 0 Å². The van der Waals surface area contributed by atoms with Gasteiger partial charge in [-0.25, -0.2) is 14.5 Å². The minimum absolute atomic E-state index is 0.0797. The van der Waals surface area contributed by atoms with Crippen LogP contribution < -0.4 is 15.0 Å². The van der Waals surface area contributed by atoms with E-state index in [2.05, 4.69) is 15.3 Å². The Balaban J connectivity index is 1.30. The van der Waals surface area contributed by atoms with Crippen molar-refractivity contribution < 1.29 is 19.1 Å². The lowest BCUT2D eigenvalue weighted by Gasteiger charge is -2.30. The van der Waals surface area contributed by atoms with Crippen molar-refractivity contribution in [3.05, 3.63) is 54.4 Å². The van der Waals surface area contributed by atoms with Gasteiger partial charge in [-0.05, 0) is 6.42 Å². The standard InChI is InChI=1S/C25H26N8O4/c1-30-23(18(15-26-30)22(34)31-8-5-9-31)37-25(35)29-20-14-21-27-19(17-6-3-2-4-7-17)16-33(21)24(28-20)32-10-12-36-13-11-32/h2-4,6-7,14-16H,5,8-13H2,1H3,(H,29,35). The number of carbonyl (C=O) groups is 2. The lowest BCUT2D eigenvalue weighted by Crippen LogP contribution is -2.42. The molecule has 1 aromatic carbocycles. The molecule has 2 aliphatic rings. The number of nitrogens with one attached hydrogen (secondary N) is 1. The highest BCUT2D eigenvalue weighted by molar-refractivity contribution is 5.98. The maximum atomic E-state index is 12.9. The number of benzene rings is 1. The Morgan fingerprint density at radius 3 is 2.57 bits per heavy atom. The third-order valence-corrected chi connectivity index (χ3v) is 6.48. The van der Waals surface area contributed by atoms with Crippen molar-refractivity contribution in [2.45, 2.75) is 6.42 Å². The number of rotatable bonds is 5. The molecule has 0 bridgehead atoms. The van der Waals surface area contributed by atoms with Crippen LogP contribution in [-0.2, 0) is 11.8 Å². The van der Waals surface area contributed by atoms with E-state index < -0.39 is 6.09 Å². The van der Waals surface area contributed by atoms with Crippen LogP contribution in [0.4, 0.5) is 16.6 Å². The Kier molecular flexibility index (Phi) is 5.93. The monoisotopic (exact) mass is 502 g/mol. The molecule has 3 aromatic heterocycles. The molecule has 6 rings (SSSR count). The second-order valence-electron chi connectivity index (χ2n) is 8.91. The lowest BCUT2D eigenvalue weighted by atomic mass is 10.2. The quantitative estimate of drug-likeness (QED) is 0.442. The molecular formula is C25H26N8O4. The Hall–Kier alpha value is -4.45. The average Bonchev–Trinajstić information content (AvgIpc) is 3.47. The third kappa shape index (κ3) is 4.47. The summed E-state index contributed by atoms with van der Waals surface area (Å²) in [5, 5.41) is 6.80. The largest absolute Gasteiger partial charge is 0.419 e. The summed E-state index contributed by atoms with van der Waals surface area (Å²) < 4.78 is 14.3. The van der Waals surface area contributed by atoms with Crippen molar-refractivity contribution in [1.82, 2.24) is 29.0 Å². The van der Waals surface area contributed by atoms with Gasteiger partial charge >= 0.3 is 6.09 Å². The van der Waals surface area contributed by atoms with Gasteiger partial charge in [-0.15, -0.1) is 0 Å². The summed E-state index contributed by atoms with van der Waals surface area (Å²) >= 11 is 0. The number of fused-ring (bicyclic) bond motifs is 1. The second kappa shape index (κ2) is 9.54. The predicted octanol–water partition coefficient (Wildman–Crippen LogP) is 2.42. The van der Waals surface area contributed by atoms with Gasteiger partial charge in [-0.2, -0.15) is 10.1 Å². The van der Waals surface area contributed by atoms with Crippen LogP contribution in [0, 0.1) is 0 Å². The number of amides is 2. The van der Waals surface area contributed by atoms with E-state index in [9.17, 15) is 9.59 Å². The van der Waals surface area contributed by atoms with Crippen molar-refractivity contribution in [2.24, 2.45) is 7.05 Å². The molecule has 2 fully saturated rings. The van der Waals surface area contributed by atoms with E-state index in [1.807, 2.05) is 40.9 Å². The van der Waals surface area contributed by atoms with Gasteiger partial charge in [-0.1, -0.05) is 30.3 Å². The SMILES string of the molecule is Cn1ncc(C(=O)N2CCC2)c1OC(=O)Nc1cc2nc(-c3ccccc3)cn2c(N2CCOCC2)n1. The molecule has 0 saturated carbocycles. The molecule has 37 heavy (non-hydrogen) atoms. The number of aryl methyl sites for hydroxylation is 1. The molecule has 12 nitrogen and oxygen atoms in total. The summed E-state index contributed by atoms with van der Waals surface area (Å²) in [5.41, 5.74) is 2.64.